The molecule has 1 aromatic carbocycles. The Kier molecular flexibility index (Phi) is 4.08. The molecule has 2 nitrogen and oxygen atoms in total. The number of nitrogens with zero attached hydrogens (tertiary/aromatic N) is 1. The van der Waals surface area contributed by atoms with E-state index in [0.717, 1.165) is 24.4 Å². The summed E-state index contributed by atoms with van der Waals surface area (Å²) in [6, 6.07) is 8.37. The maximum absolute atomic E-state index is 12.8. The van der Waals surface area contributed by atoms with E-state index in [4.69, 9.17) is 0 Å². The first-order chi connectivity index (χ1) is 9.72. The number of rotatable bonds is 3. The van der Waals surface area contributed by atoms with Crippen LogP contribution in [-0.2, 0) is 17.8 Å². The van der Waals surface area contributed by atoms with Gasteiger partial charge >= 0.3 is 0 Å². The van der Waals surface area contributed by atoms with Gasteiger partial charge in [-0.15, -0.1) is 23.1 Å². The molecule has 104 valence electrons. The molecule has 0 saturated heterocycles. The van der Waals surface area contributed by atoms with E-state index >= 15 is 0 Å². The van der Waals surface area contributed by atoms with Crippen molar-refractivity contribution in [1.82, 2.24) is 4.90 Å². The number of thioether (sulfide) groups is 1. The normalized spacial score (nSPS) is 14.2. The van der Waals surface area contributed by atoms with Gasteiger partial charge in [0.05, 0.1) is 5.75 Å². The molecule has 1 aliphatic rings. The highest BCUT2D eigenvalue weighted by Gasteiger charge is 2.21. The first kappa shape index (κ1) is 13.6. The standard InChI is InChI=1S/C15H14FNOS2/c16-12-1-3-13(4-2-12)20-10-15(18)17-7-5-14-11(9-17)6-8-19-14/h1-4,6,8H,5,7,9-10H2. The zero-order valence-corrected chi connectivity index (χ0v) is 12.5. The molecular formula is C15H14FNOS2. The molecule has 0 saturated carbocycles. The van der Waals surface area contributed by atoms with Gasteiger partial charge in [-0.05, 0) is 47.7 Å². The van der Waals surface area contributed by atoms with Gasteiger partial charge in [0.1, 0.15) is 5.82 Å². The van der Waals surface area contributed by atoms with Gasteiger partial charge in [-0.2, -0.15) is 0 Å². The van der Waals surface area contributed by atoms with Crippen LogP contribution in [-0.4, -0.2) is 23.1 Å². The predicted octanol–water partition coefficient (Wildman–Crippen LogP) is 3.56. The average Bonchev–Trinajstić information content (AvgIpc) is 2.93. The molecule has 0 radical (unpaired) electrons. The molecule has 0 unspecified atom stereocenters. The van der Waals surface area contributed by atoms with E-state index < -0.39 is 0 Å². The smallest absolute Gasteiger partial charge is 0.233 e. The molecule has 2 aromatic rings. The third kappa shape index (κ3) is 3.04. The zero-order valence-electron chi connectivity index (χ0n) is 10.8. The monoisotopic (exact) mass is 307 g/mol. The highest BCUT2D eigenvalue weighted by Crippen LogP contribution is 2.25. The molecule has 0 bridgehead atoms. The Morgan fingerprint density at radius 2 is 2.10 bits per heavy atom. The van der Waals surface area contributed by atoms with Crippen LogP contribution in [0.5, 0.6) is 0 Å². The topological polar surface area (TPSA) is 20.3 Å². The van der Waals surface area contributed by atoms with Crippen LogP contribution >= 0.6 is 23.1 Å². The van der Waals surface area contributed by atoms with Crippen LogP contribution in [0.25, 0.3) is 0 Å². The van der Waals surface area contributed by atoms with Crippen LogP contribution in [0.3, 0.4) is 0 Å². The zero-order chi connectivity index (χ0) is 13.9. The number of hydrogen-bond donors (Lipinski definition) is 0. The summed E-state index contributed by atoms with van der Waals surface area (Å²) in [4.78, 5) is 16.4. The van der Waals surface area contributed by atoms with Crippen molar-refractivity contribution >= 4 is 29.0 Å². The molecule has 0 aliphatic carbocycles. The first-order valence-electron chi connectivity index (χ1n) is 6.44. The Bertz CT molecular complexity index is 609. The van der Waals surface area contributed by atoms with Crippen LogP contribution in [0.4, 0.5) is 4.39 Å². The largest absolute Gasteiger partial charge is 0.337 e. The van der Waals surface area contributed by atoms with E-state index in [2.05, 4.69) is 11.4 Å². The summed E-state index contributed by atoms with van der Waals surface area (Å²) in [5.41, 5.74) is 1.28. The fourth-order valence-corrected chi connectivity index (χ4v) is 3.92. The minimum Gasteiger partial charge on any atom is -0.337 e. The maximum Gasteiger partial charge on any atom is 0.233 e. The van der Waals surface area contributed by atoms with Gasteiger partial charge in [0, 0.05) is 22.9 Å². The maximum atomic E-state index is 12.8. The summed E-state index contributed by atoms with van der Waals surface area (Å²) in [7, 11) is 0. The number of benzene rings is 1. The van der Waals surface area contributed by atoms with Crippen molar-refractivity contribution in [2.75, 3.05) is 12.3 Å². The fourth-order valence-electron chi connectivity index (χ4n) is 2.23. The number of hydrogen-bond acceptors (Lipinski definition) is 3. The first-order valence-corrected chi connectivity index (χ1v) is 8.30. The van der Waals surface area contributed by atoms with Gasteiger partial charge in [-0.25, -0.2) is 4.39 Å². The molecule has 1 amide bonds. The molecule has 1 aliphatic heterocycles. The van der Waals surface area contributed by atoms with E-state index in [9.17, 15) is 9.18 Å². The van der Waals surface area contributed by atoms with E-state index in [0.29, 0.717) is 5.75 Å². The van der Waals surface area contributed by atoms with E-state index in [1.54, 1.807) is 23.5 Å². The van der Waals surface area contributed by atoms with E-state index in [1.165, 1.54) is 34.3 Å². The average molecular weight is 307 g/mol. The molecule has 2 heterocycles. The molecule has 3 rings (SSSR count). The second-order valence-corrected chi connectivity index (χ2v) is 6.73. The van der Waals surface area contributed by atoms with Crippen molar-refractivity contribution in [2.45, 2.75) is 17.9 Å². The minimum atomic E-state index is -0.248. The minimum absolute atomic E-state index is 0.149. The quantitative estimate of drug-likeness (QED) is 0.808. The number of carbonyl (C=O) groups is 1. The number of halogens is 1. The van der Waals surface area contributed by atoms with Crippen molar-refractivity contribution < 1.29 is 9.18 Å². The summed E-state index contributed by atoms with van der Waals surface area (Å²) in [5.74, 6) is 0.309. The Hall–Kier alpha value is -1.33. The number of fused-ring (bicyclic) bond motifs is 1. The summed E-state index contributed by atoms with van der Waals surface area (Å²) in [5, 5.41) is 2.09. The molecule has 0 atom stereocenters. The number of amides is 1. The summed E-state index contributed by atoms with van der Waals surface area (Å²) in [6.45, 7) is 1.53. The third-order valence-corrected chi connectivity index (χ3v) is 5.36. The van der Waals surface area contributed by atoms with Gasteiger partial charge in [-0.1, -0.05) is 0 Å². The number of carbonyl (C=O) groups excluding carboxylic acids is 1. The molecule has 0 N–H and O–H groups in total. The van der Waals surface area contributed by atoms with Crippen LogP contribution in [0, 0.1) is 5.82 Å². The Morgan fingerprint density at radius 3 is 2.90 bits per heavy atom. The molecule has 0 fully saturated rings. The lowest BCUT2D eigenvalue weighted by Gasteiger charge is -2.26. The second-order valence-electron chi connectivity index (χ2n) is 4.68. The molecule has 0 spiro atoms. The molecular weight excluding hydrogens is 293 g/mol. The summed E-state index contributed by atoms with van der Waals surface area (Å²) < 4.78 is 12.8. The summed E-state index contributed by atoms with van der Waals surface area (Å²) in [6.07, 6.45) is 0.958. The fraction of sp³-hybridized carbons (Fsp3) is 0.267. The lowest BCUT2D eigenvalue weighted by molar-refractivity contribution is -0.129. The lowest BCUT2D eigenvalue weighted by atomic mass is 10.1. The van der Waals surface area contributed by atoms with Crippen molar-refractivity contribution in [3.05, 3.63) is 52.0 Å². The van der Waals surface area contributed by atoms with Crippen molar-refractivity contribution in [3.63, 3.8) is 0 Å². The van der Waals surface area contributed by atoms with Gasteiger partial charge in [0.15, 0.2) is 0 Å². The van der Waals surface area contributed by atoms with Gasteiger partial charge in [0.25, 0.3) is 0 Å². The van der Waals surface area contributed by atoms with Crippen molar-refractivity contribution in [2.24, 2.45) is 0 Å². The second kappa shape index (κ2) is 5.97. The Morgan fingerprint density at radius 1 is 1.30 bits per heavy atom. The van der Waals surface area contributed by atoms with Gasteiger partial charge < -0.3 is 4.90 Å². The third-order valence-electron chi connectivity index (χ3n) is 3.34. The molecule has 5 heteroatoms. The number of thiophene rings is 1. The summed E-state index contributed by atoms with van der Waals surface area (Å²) >= 11 is 3.23. The highest BCUT2D eigenvalue weighted by molar-refractivity contribution is 8.00. The van der Waals surface area contributed by atoms with Gasteiger partial charge in [-0.3, -0.25) is 4.79 Å². The molecule has 1 aromatic heterocycles. The van der Waals surface area contributed by atoms with Gasteiger partial charge in [0.2, 0.25) is 5.91 Å². The van der Waals surface area contributed by atoms with Crippen LogP contribution in [0.15, 0.2) is 40.6 Å². The lowest BCUT2D eigenvalue weighted by Crippen LogP contribution is -2.36. The van der Waals surface area contributed by atoms with E-state index in [-0.39, 0.29) is 11.7 Å². The van der Waals surface area contributed by atoms with Crippen LogP contribution < -0.4 is 0 Å². The Labute approximate surface area is 125 Å². The SMILES string of the molecule is O=C(CSc1ccc(F)cc1)N1CCc2sccc2C1. The van der Waals surface area contributed by atoms with Crippen molar-refractivity contribution in [3.8, 4) is 0 Å². The highest BCUT2D eigenvalue weighted by atomic mass is 32.2. The Balaban J connectivity index is 1.56. The predicted molar refractivity (Wildman–Crippen MR) is 80.6 cm³/mol. The van der Waals surface area contributed by atoms with Crippen LogP contribution in [0.2, 0.25) is 0 Å². The van der Waals surface area contributed by atoms with Crippen molar-refractivity contribution in [1.29, 1.82) is 0 Å². The van der Waals surface area contributed by atoms with Crippen LogP contribution in [0.1, 0.15) is 10.4 Å². The van der Waals surface area contributed by atoms with E-state index in [1.807, 2.05) is 4.90 Å². The molecule has 20 heavy (non-hydrogen) atoms.